The van der Waals surface area contributed by atoms with Gasteiger partial charge in [-0.1, -0.05) is 25.8 Å². The van der Waals surface area contributed by atoms with Gasteiger partial charge in [-0.15, -0.1) is 0 Å². The number of urea groups is 1. The Morgan fingerprint density at radius 3 is 2.66 bits per heavy atom. The van der Waals surface area contributed by atoms with Crippen LogP contribution in [0.3, 0.4) is 0 Å². The molecular formula is C23H33FN2O5S. The zero-order valence-electron chi connectivity index (χ0n) is 18.6. The molecule has 0 radical (unpaired) electrons. The molecule has 0 unspecified atom stereocenters. The van der Waals surface area contributed by atoms with Crippen LogP contribution in [-0.2, 0) is 14.6 Å². The number of benzene rings is 1. The third-order valence-corrected chi connectivity index (χ3v) is 7.76. The van der Waals surface area contributed by atoms with E-state index in [-0.39, 0.29) is 41.7 Å². The van der Waals surface area contributed by atoms with Crippen molar-refractivity contribution < 1.29 is 27.1 Å². The number of amides is 3. The summed E-state index contributed by atoms with van der Waals surface area (Å²) >= 11 is 0. The third-order valence-electron chi connectivity index (χ3n) is 5.94. The molecule has 1 aromatic carbocycles. The number of nitrogens with one attached hydrogen (secondary N) is 1. The average Bonchev–Trinajstić information content (AvgIpc) is 3.50. The van der Waals surface area contributed by atoms with Crippen LogP contribution in [0, 0.1) is 11.7 Å². The van der Waals surface area contributed by atoms with E-state index >= 15 is 0 Å². The van der Waals surface area contributed by atoms with Crippen molar-refractivity contribution in [1.82, 2.24) is 10.2 Å². The lowest BCUT2D eigenvalue weighted by atomic mass is 9.96. The Morgan fingerprint density at radius 1 is 1.22 bits per heavy atom. The van der Waals surface area contributed by atoms with Crippen molar-refractivity contribution >= 4 is 21.8 Å². The summed E-state index contributed by atoms with van der Waals surface area (Å²) in [5.74, 6) is -0.111. The Morgan fingerprint density at radius 2 is 2.00 bits per heavy atom. The van der Waals surface area contributed by atoms with Crippen LogP contribution < -0.4 is 10.1 Å². The number of imide groups is 1. The molecule has 9 heteroatoms. The summed E-state index contributed by atoms with van der Waals surface area (Å²) < 4.78 is 45.3. The predicted molar refractivity (Wildman–Crippen MR) is 120 cm³/mol. The maximum absolute atomic E-state index is 14.1. The molecule has 1 aromatic rings. The lowest BCUT2D eigenvalue weighted by molar-refractivity contribution is -0.118. The summed E-state index contributed by atoms with van der Waals surface area (Å²) in [5.41, 5.74) is 0.798. The van der Waals surface area contributed by atoms with Crippen molar-refractivity contribution in [2.24, 2.45) is 5.92 Å². The summed E-state index contributed by atoms with van der Waals surface area (Å²) in [7, 11) is -3.29. The van der Waals surface area contributed by atoms with Gasteiger partial charge in [0, 0.05) is 6.54 Å². The number of carbonyl (C=O) groups is 2. The van der Waals surface area contributed by atoms with Crippen LogP contribution in [-0.4, -0.2) is 56.5 Å². The van der Waals surface area contributed by atoms with Crippen LogP contribution in [0.1, 0.15) is 63.4 Å². The Balaban J connectivity index is 1.49. The van der Waals surface area contributed by atoms with E-state index in [1.165, 1.54) is 11.0 Å². The summed E-state index contributed by atoms with van der Waals surface area (Å²) in [6, 6.07) is 4.31. The van der Waals surface area contributed by atoms with E-state index in [2.05, 4.69) is 5.32 Å². The van der Waals surface area contributed by atoms with Gasteiger partial charge in [-0.2, -0.15) is 0 Å². The molecule has 1 saturated carbocycles. The van der Waals surface area contributed by atoms with Gasteiger partial charge in [0.25, 0.3) is 0 Å². The van der Waals surface area contributed by atoms with Gasteiger partial charge in [-0.25, -0.2) is 17.6 Å². The molecule has 7 nitrogen and oxygen atoms in total. The maximum atomic E-state index is 14.1. The second kappa shape index (κ2) is 11.1. The van der Waals surface area contributed by atoms with Crippen molar-refractivity contribution in [3.63, 3.8) is 0 Å². The van der Waals surface area contributed by atoms with Gasteiger partial charge in [0.1, 0.15) is 6.54 Å². The lowest BCUT2D eigenvalue weighted by Gasteiger charge is -2.18. The monoisotopic (exact) mass is 468 g/mol. The van der Waals surface area contributed by atoms with Gasteiger partial charge in [-0.05, 0) is 61.6 Å². The molecule has 3 rings (SSSR count). The fraction of sp³-hybridized carbons (Fsp3) is 0.652. The van der Waals surface area contributed by atoms with E-state index in [1.54, 1.807) is 12.1 Å². The molecule has 1 atom stereocenters. The van der Waals surface area contributed by atoms with Crippen LogP contribution in [0.15, 0.2) is 18.2 Å². The first-order valence-electron chi connectivity index (χ1n) is 11.5. The average molecular weight is 469 g/mol. The second-order valence-electron chi connectivity index (χ2n) is 8.88. The first-order valence-corrected chi connectivity index (χ1v) is 13.3. The normalized spacial score (nSPS) is 17.5. The van der Waals surface area contributed by atoms with Gasteiger partial charge in [-0.3, -0.25) is 10.1 Å². The van der Waals surface area contributed by atoms with E-state index < -0.39 is 15.7 Å². The van der Waals surface area contributed by atoms with Gasteiger partial charge in [0.2, 0.25) is 5.91 Å². The minimum atomic E-state index is -3.29. The molecule has 0 spiro atoms. The summed E-state index contributed by atoms with van der Waals surface area (Å²) in [6.07, 6.45) is 5.56. The fourth-order valence-electron chi connectivity index (χ4n) is 3.93. The first kappa shape index (κ1) is 24.5. The number of halogens is 1. The maximum Gasteiger partial charge on any atom is 0.324 e. The fourth-order valence-corrected chi connectivity index (χ4v) is 5.71. The lowest BCUT2D eigenvalue weighted by Crippen LogP contribution is -2.29. The van der Waals surface area contributed by atoms with Crippen LogP contribution in [0.2, 0.25) is 0 Å². The molecule has 1 aliphatic heterocycles. The smallest absolute Gasteiger partial charge is 0.324 e. The van der Waals surface area contributed by atoms with Crippen LogP contribution in [0.5, 0.6) is 5.75 Å². The highest BCUT2D eigenvalue weighted by atomic mass is 32.2. The standard InChI is InChI=1S/C23H33FN2O5S/c1-2-6-19(18-9-10-20(24)21(13-18)31-15-17-7-8-17)16-32(29,30)12-5-3-4-11-26-14-22(27)25-23(26)28/h9-10,13,17,19H,2-8,11-12,14-16H2,1H3,(H,25,27,28)/t19-/m0/s1. The molecule has 2 fully saturated rings. The topological polar surface area (TPSA) is 92.8 Å². The predicted octanol–water partition coefficient (Wildman–Crippen LogP) is 3.64. The summed E-state index contributed by atoms with van der Waals surface area (Å²) in [5, 5.41) is 2.22. The van der Waals surface area contributed by atoms with E-state index in [0.29, 0.717) is 44.8 Å². The molecule has 0 aromatic heterocycles. The molecule has 3 amide bonds. The minimum absolute atomic E-state index is 0.0254. The highest BCUT2D eigenvalue weighted by Crippen LogP contribution is 2.32. The van der Waals surface area contributed by atoms with E-state index in [9.17, 15) is 22.4 Å². The Kier molecular flexibility index (Phi) is 8.51. The SMILES string of the molecule is CCC[C@@H](CS(=O)(=O)CCCCCN1CC(=O)NC1=O)c1ccc(F)c(OCC2CC2)c1. The molecular weight excluding hydrogens is 435 g/mol. The van der Waals surface area contributed by atoms with Crippen molar-refractivity contribution in [3.05, 3.63) is 29.6 Å². The molecule has 1 N–H and O–H groups in total. The number of carbonyl (C=O) groups excluding carboxylic acids is 2. The highest BCUT2D eigenvalue weighted by Gasteiger charge is 2.26. The van der Waals surface area contributed by atoms with E-state index in [0.717, 1.165) is 24.8 Å². The molecule has 0 bridgehead atoms. The highest BCUT2D eigenvalue weighted by molar-refractivity contribution is 7.91. The number of nitrogens with zero attached hydrogens (tertiary/aromatic N) is 1. The number of rotatable bonds is 14. The Labute approximate surface area is 189 Å². The molecule has 32 heavy (non-hydrogen) atoms. The van der Waals surface area contributed by atoms with Gasteiger partial charge in [0.15, 0.2) is 21.4 Å². The number of hydrogen-bond acceptors (Lipinski definition) is 5. The van der Waals surface area contributed by atoms with Crippen molar-refractivity contribution in [1.29, 1.82) is 0 Å². The molecule has 1 saturated heterocycles. The zero-order valence-corrected chi connectivity index (χ0v) is 19.5. The summed E-state index contributed by atoms with van der Waals surface area (Å²) in [4.78, 5) is 24.1. The second-order valence-corrected chi connectivity index (χ2v) is 11.1. The number of unbranched alkanes of at least 4 members (excludes halogenated alkanes) is 2. The van der Waals surface area contributed by atoms with Gasteiger partial charge >= 0.3 is 6.03 Å². The van der Waals surface area contributed by atoms with Crippen molar-refractivity contribution in [3.8, 4) is 5.75 Å². The van der Waals surface area contributed by atoms with E-state index in [4.69, 9.17) is 4.74 Å². The van der Waals surface area contributed by atoms with Gasteiger partial charge < -0.3 is 9.64 Å². The van der Waals surface area contributed by atoms with Gasteiger partial charge in [0.05, 0.1) is 18.1 Å². The Hall–Kier alpha value is -2.16. The van der Waals surface area contributed by atoms with E-state index in [1.807, 2.05) is 6.92 Å². The molecule has 178 valence electrons. The van der Waals surface area contributed by atoms with Crippen LogP contribution in [0.4, 0.5) is 9.18 Å². The molecule has 1 aliphatic carbocycles. The molecule has 2 aliphatic rings. The third kappa shape index (κ3) is 7.46. The van der Waals surface area contributed by atoms with Crippen molar-refractivity contribution in [2.45, 2.75) is 57.8 Å². The Bertz CT molecular complexity index is 917. The number of sulfone groups is 1. The quantitative estimate of drug-likeness (QED) is 0.332. The van der Waals surface area contributed by atoms with Crippen LogP contribution >= 0.6 is 0 Å². The largest absolute Gasteiger partial charge is 0.490 e. The zero-order chi connectivity index (χ0) is 23.1. The first-order chi connectivity index (χ1) is 15.3. The van der Waals surface area contributed by atoms with Crippen molar-refractivity contribution in [2.75, 3.05) is 31.2 Å². The van der Waals surface area contributed by atoms with Crippen LogP contribution in [0.25, 0.3) is 0 Å². The minimum Gasteiger partial charge on any atom is -0.490 e. The number of ether oxygens (including phenoxy) is 1. The molecule has 1 heterocycles. The summed E-state index contributed by atoms with van der Waals surface area (Å²) in [6.45, 7) is 3.02. The number of hydrogen-bond donors (Lipinski definition) is 1.